The van der Waals surface area contributed by atoms with Gasteiger partial charge < -0.3 is 10.6 Å². The Balaban J connectivity index is 2.13. The van der Waals surface area contributed by atoms with Gasteiger partial charge >= 0.3 is 0 Å². The van der Waals surface area contributed by atoms with E-state index in [-0.39, 0.29) is 24.3 Å². The van der Waals surface area contributed by atoms with Crippen molar-refractivity contribution >= 4 is 17.5 Å². The predicted molar refractivity (Wildman–Crippen MR) is 101 cm³/mol. The zero-order valence-corrected chi connectivity index (χ0v) is 15.1. The molecule has 2 amide bonds. The fourth-order valence-electron chi connectivity index (χ4n) is 2.83. The zero-order chi connectivity index (χ0) is 18.2. The molecule has 0 saturated heterocycles. The third-order valence-corrected chi connectivity index (χ3v) is 4.35. The average molecular weight is 338 g/mol. The second-order valence-corrected chi connectivity index (χ2v) is 6.31. The van der Waals surface area contributed by atoms with Crippen molar-refractivity contribution in [2.24, 2.45) is 0 Å². The molecule has 4 heteroatoms. The lowest BCUT2D eigenvalue weighted by Gasteiger charge is -2.20. The number of rotatable bonds is 7. The van der Waals surface area contributed by atoms with Gasteiger partial charge in [-0.05, 0) is 29.5 Å². The van der Waals surface area contributed by atoms with E-state index in [0.717, 1.165) is 23.2 Å². The first-order chi connectivity index (χ1) is 12.0. The van der Waals surface area contributed by atoms with Crippen LogP contribution >= 0.6 is 0 Å². The summed E-state index contributed by atoms with van der Waals surface area (Å²) >= 11 is 0. The fourth-order valence-corrected chi connectivity index (χ4v) is 2.83. The highest BCUT2D eigenvalue weighted by molar-refractivity contribution is 5.92. The van der Waals surface area contributed by atoms with Gasteiger partial charge in [0.15, 0.2) is 0 Å². The number of hydrogen-bond donors (Lipinski definition) is 2. The molecule has 2 aromatic rings. The minimum absolute atomic E-state index is 0.113. The number of carbonyl (C=O) groups excluding carboxylic acids is 2. The summed E-state index contributed by atoms with van der Waals surface area (Å²) in [6, 6.07) is 17.1. The first kappa shape index (κ1) is 18.7. The van der Waals surface area contributed by atoms with Crippen molar-refractivity contribution in [3.63, 3.8) is 0 Å². The number of carbonyl (C=O) groups is 2. The van der Waals surface area contributed by atoms with Crippen LogP contribution in [0.5, 0.6) is 0 Å². The molecular formula is C21H26N2O2. The lowest BCUT2D eigenvalue weighted by atomic mass is 9.96. The van der Waals surface area contributed by atoms with Gasteiger partial charge in [0.25, 0.3) is 0 Å². The van der Waals surface area contributed by atoms with Crippen LogP contribution < -0.4 is 10.6 Å². The molecule has 0 fully saturated rings. The first-order valence-corrected chi connectivity index (χ1v) is 8.72. The number of para-hydroxylation sites is 1. The van der Waals surface area contributed by atoms with Gasteiger partial charge in [0, 0.05) is 12.6 Å². The smallest absolute Gasteiger partial charge is 0.226 e. The highest BCUT2D eigenvalue weighted by Crippen LogP contribution is 2.27. The fraction of sp³-hybridized carbons (Fsp3) is 0.333. The van der Waals surface area contributed by atoms with Crippen LogP contribution in [0, 0.1) is 0 Å². The maximum atomic E-state index is 12.6. The first-order valence-electron chi connectivity index (χ1n) is 8.72. The van der Waals surface area contributed by atoms with Gasteiger partial charge in [0.2, 0.25) is 11.8 Å². The average Bonchev–Trinajstić information content (AvgIpc) is 2.61. The van der Waals surface area contributed by atoms with E-state index in [0.29, 0.717) is 5.92 Å². The van der Waals surface area contributed by atoms with Crippen LogP contribution in [0.15, 0.2) is 54.6 Å². The summed E-state index contributed by atoms with van der Waals surface area (Å²) < 4.78 is 0. The summed E-state index contributed by atoms with van der Waals surface area (Å²) in [6.45, 7) is 5.74. The quantitative estimate of drug-likeness (QED) is 0.786. The monoisotopic (exact) mass is 338 g/mol. The molecule has 2 atom stereocenters. The molecular weight excluding hydrogens is 312 g/mol. The topological polar surface area (TPSA) is 58.2 Å². The van der Waals surface area contributed by atoms with Crippen LogP contribution in [-0.4, -0.2) is 11.8 Å². The molecule has 0 aromatic heterocycles. The molecule has 0 aliphatic rings. The van der Waals surface area contributed by atoms with E-state index in [4.69, 9.17) is 0 Å². The van der Waals surface area contributed by atoms with Crippen molar-refractivity contribution < 1.29 is 9.59 Å². The molecule has 4 nitrogen and oxygen atoms in total. The van der Waals surface area contributed by atoms with Crippen molar-refractivity contribution in [1.82, 2.24) is 5.32 Å². The van der Waals surface area contributed by atoms with E-state index >= 15 is 0 Å². The highest BCUT2D eigenvalue weighted by Gasteiger charge is 2.18. The summed E-state index contributed by atoms with van der Waals surface area (Å²) in [6.07, 6.45) is 1.20. The Kier molecular flexibility index (Phi) is 6.75. The van der Waals surface area contributed by atoms with Gasteiger partial charge in [-0.15, -0.1) is 0 Å². The van der Waals surface area contributed by atoms with Gasteiger partial charge in [-0.1, -0.05) is 62.4 Å². The second kappa shape index (κ2) is 9.02. The van der Waals surface area contributed by atoms with Crippen molar-refractivity contribution in [2.75, 3.05) is 5.32 Å². The van der Waals surface area contributed by atoms with E-state index in [1.54, 1.807) is 0 Å². The standard InChI is InChI=1S/C21H26N2O2/c1-4-15(2)18-12-8-9-13-19(18)23-21(25)14-20(22-16(3)24)17-10-6-5-7-11-17/h5-13,15,20H,4,14H2,1-3H3,(H,22,24)(H,23,25)/t15-,20+/m0/s1. The molecule has 0 spiro atoms. The Bertz CT molecular complexity index is 713. The molecule has 25 heavy (non-hydrogen) atoms. The number of benzene rings is 2. The summed E-state index contributed by atoms with van der Waals surface area (Å²) in [5, 5.41) is 5.87. The minimum Gasteiger partial charge on any atom is -0.349 e. The molecule has 2 rings (SSSR count). The molecule has 132 valence electrons. The number of hydrogen-bond acceptors (Lipinski definition) is 2. The molecule has 0 aliphatic carbocycles. The lowest BCUT2D eigenvalue weighted by molar-refractivity contribution is -0.120. The molecule has 2 aromatic carbocycles. The Hall–Kier alpha value is -2.62. The summed E-state index contributed by atoms with van der Waals surface area (Å²) in [4.78, 5) is 24.1. The van der Waals surface area contributed by atoms with Crippen molar-refractivity contribution in [1.29, 1.82) is 0 Å². The van der Waals surface area contributed by atoms with E-state index in [1.165, 1.54) is 6.92 Å². The molecule has 0 radical (unpaired) electrons. The molecule has 0 heterocycles. The largest absolute Gasteiger partial charge is 0.349 e. The third kappa shape index (κ3) is 5.45. The SMILES string of the molecule is CC[C@H](C)c1ccccc1NC(=O)C[C@@H](NC(C)=O)c1ccccc1. The van der Waals surface area contributed by atoms with E-state index in [2.05, 4.69) is 24.5 Å². The van der Waals surface area contributed by atoms with Crippen molar-refractivity contribution in [2.45, 2.75) is 45.6 Å². The van der Waals surface area contributed by atoms with Gasteiger partial charge in [-0.3, -0.25) is 9.59 Å². The van der Waals surface area contributed by atoms with E-state index < -0.39 is 0 Å². The van der Waals surface area contributed by atoms with Crippen LogP contribution in [0.25, 0.3) is 0 Å². The Morgan fingerprint density at radius 2 is 1.64 bits per heavy atom. The summed E-state index contributed by atoms with van der Waals surface area (Å²) in [5.41, 5.74) is 2.90. The minimum atomic E-state index is -0.338. The van der Waals surface area contributed by atoms with Crippen molar-refractivity contribution in [3.8, 4) is 0 Å². The van der Waals surface area contributed by atoms with Gasteiger partial charge in [0.05, 0.1) is 12.5 Å². The van der Waals surface area contributed by atoms with Gasteiger partial charge in [0.1, 0.15) is 0 Å². The summed E-state index contributed by atoms with van der Waals surface area (Å²) in [7, 11) is 0. The molecule has 0 bridgehead atoms. The van der Waals surface area contributed by atoms with Gasteiger partial charge in [-0.25, -0.2) is 0 Å². The van der Waals surface area contributed by atoms with Crippen molar-refractivity contribution in [3.05, 3.63) is 65.7 Å². The lowest BCUT2D eigenvalue weighted by Crippen LogP contribution is -2.29. The van der Waals surface area contributed by atoms with Crippen LogP contribution in [0.1, 0.15) is 56.7 Å². The number of nitrogens with one attached hydrogen (secondary N) is 2. The molecule has 0 saturated carbocycles. The zero-order valence-electron chi connectivity index (χ0n) is 15.1. The molecule has 0 aliphatic heterocycles. The molecule has 0 unspecified atom stereocenters. The second-order valence-electron chi connectivity index (χ2n) is 6.31. The molecule has 2 N–H and O–H groups in total. The Morgan fingerprint density at radius 3 is 2.28 bits per heavy atom. The number of anilines is 1. The Morgan fingerprint density at radius 1 is 1.00 bits per heavy atom. The summed E-state index contributed by atoms with van der Waals surface area (Å²) in [5.74, 6) is 0.108. The maximum Gasteiger partial charge on any atom is 0.226 e. The van der Waals surface area contributed by atoms with E-state index in [9.17, 15) is 9.59 Å². The van der Waals surface area contributed by atoms with E-state index in [1.807, 2.05) is 54.6 Å². The van der Waals surface area contributed by atoms with Crippen LogP contribution in [0.2, 0.25) is 0 Å². The normalized spacial score (nSPS) is 12.9. The Labute approximate surface area is 149 Å². The number of amides is 2. The predicted octanol–water partition coefficient (Wildman–Crippen LogP) is 4.41. The van der Waals surface area contributed by atoms with Crippen LogP contribution in [-0.2, 0) is 9.59 Å². The highest BCUT2D eigenvalue weighted by atomic mass is 16.2. The maximum absolute atomic E-state index is 12.6. The third-order valence-electron chi connectivity index (χ3n) is 4.35. The van der Waals surface area contributed by atoms with Crippen LogP contribution in [0.3, 0.4) is 0 Å². The van der Waals surface area contributed by atoms with Gasteiger partial charge in [-0.2, -0.15) is 0 Å². The van der Waals surface area contributed by atoms with Crippen LogP contribution in [0.4, 0.5) is 5.69 Å².